The van der Waals surface area contributed by atoms with Gasteiger partial charge >= 0.3 is 6.36 Å². The number of nitrogens with one attached hydrogen (secondary N) is 3. The Hall–Kier alpha value is -3.14. The predicted octanol–water partition coefficient (Wildman–Crippen LogP) is 2.65. The lowest BCUT2D eigenvalue weighted by molar-refractivity contribution is -0.274. The maximum Gasteiger partial charge on any atom is 0.573 e. The molecule has 2 aromatic carbocycles. The Morgan fingerprint density at radius 2 is 1.81 bits per heavy atom. The van der Waals surface area contributed by atoms with Crippen LogP contribution in [0, 0.1) is 0 Å². The Balaban J connectivity index is 2.12. The van der Waals surface area contributed by atoms with Gasteiger partial charge in [-0.1, -0.05) is 0 Å². The minimum Gasteiger partial charge on any atom is -0.496 e. The summed E-state index contributed by atoms with van der Waals surface area (Å²) in [5.41, 5.74) is 13.4. The summed E-state index contributed by atoms with van der Waals surface area (Å²) in [6, 6.07) is 7.93. The molecule has 0 saturated heterocycles. The first-order valence-electron chi connectivity index (χ1n) is 7.77. The van der Waals surface area contributed by atoms with E-state index in [-0.39, 0.29) is 12.1 Å². The fourth-order valence-electron chi connectivity index (χ4n) is 2.36. The van der Waals surface area contributed by atoms with Gasteiger partial charge in [0.15, 0.2) is 0 Å². The van der Waals surface area contributed by atoms with Crippen molar-refractivity contribution in [1.82, 2.24) is 10.7 Å². The van der Waals surface area contributed by atoms with Crippen LogP contribution in [0.1, 0.15) is 15.9 Å². The minimum absolute atomic E-state index is 0.0812. The van der Waals surface area contributed by atoms with E-state index in [1.807, 2.05) is 0 Å². The number of ether oxygens (including phenoxy) is 2. The van der Waals surface area contributed by atoms with Gasteiger partial charge < -0.3 is 25.9 Å². The van der Waals surface area contributed by atoms with Gasteiger partial charge in [0.25, 0.3) is 5.91 Å². The number of hydrogen-bond donors (Lipinski definition) is 4. The van der Waals surface area contributed by atoms with Crippen molar-refractivity contribution in [1.29, 1.82) is 0 Å². The number of carbonyl (C=O) groups excluding carboxylic acids is 1. The van der Waals surface area contributed by atoms with Gasteiger partial charge in [0.05, 0.1) is 18.5 Å². The van der Waals surface area contributed by atoms with E-state index >= 15 is 0 Å². The van der Waals surface area contributed by atoms with Crippen LogP contribution < -0.4 is 31.4 Å². The summed E-state index contributed by atoms with van der Waals surface area (Å²) in [6.07, 6.45) is -4.79. The molecule has 0 aliphatic rings. The number of carbonyl (C=O) groups is 1. The first kappa shape index (κ1) is 20.2. The molecule has 0 spiro atoms. The molecule has 2 aromatic rings. The standard InChI is InChI=1S/C17H19F3N4O3/c1-22-24-15-12(14(26-2)8-7-13(15)21)9-23-16(25)10-3-5-11(6-4-10)27-17(18,19)20/h3-8,22,24H,9,21H2,1-2H3,(H,23,25). The highest BCUT2D eigenvalue weighted by molar-refractivity contribution is 5.94. The lowest BCUT2D eigenvalue weighted by Gasteiger charge is -2.17. The fourth-order valence-corrected chi connectivity index (χ4v) is 2.36. The number of nitrogens with two attached hydrogens (primary N) is 1. The minimum atomic E-state index is -4.79. The molecule has 0 aromatic heterocycles. The number of alkyl halides is 3. The molecule has 0 aliphatic carbocycles. The molecule has 5 N–H and O–H groups in total. The van der Waals surface area contributed by atoms with Gasteiger partial charge in [-0.2, -0.15) is 0 Å². The van der Waals surface area contributed by atoms with E-state index in [2.05, 4.69) is 20.9 Å². The summed E-state index contributed by atoms with van der Waals surface area (Å²) in [5, 5.41) is 2.68. The van der Waals surface area contributed by atoms with Gasteiger partial charge in [-0.15, -0.1) is 13.2 Å². The average Bonchev–Trinajstić information content (AvgIpc) is 2.61. The fraction of sp³-hybridized carbons (Fsp3) is 0.235. The maximum absolute atomic E-state index is 12.3. The molecule has 0 aliphatic heterocycles. The first-order valence-corrected chi connectivity index (χ1v) is 7.77. The van der Waals surface area contributed by atoms with Crippen molar-refractivity contribution in [2.45, 2.75) is 12.9 Å². The van der Waals surface area contributed by atoms with E-state index in [0.29, 0.717) is 22.7 Å². The Labute approximate surface area is 153 Å². The topological polar surface area (TPSA) is 97.6 Å². The van der Waals surface area contributed by atoms with E-state index in [9.17, 15) is 18.0 Å². The number of hydrogen-bond acceptors (Lipinski definition) is 6. The van der Waals surface area contributed by atoms with Gasteiger partial charge in [0.2, 0.25) is 0 Å². The van der Waals surface area contributed by atoms with Gasteiger partial charge in [-0.25, -0.2) is 5.43 Å². The van der Waals surface area contributed by atoms with E-state index in [4.69, 9.17) is 10.5 Å². The Morgan fingerprint density at radius 1 is 1.15 bits per heavy atom. The molecular formula is C17H19F3N4O3. The highest BCUT2D eigenvalue weighted by Crippen LogP contribution is 2.31. The SMILES string of the molecule is CNNc1c(N)ccc(OC)c1CNC(=O)c1ccc(OC(F)(F)F)cc1. The first-order chi connectivity index (χ1) is 12.7. The molecule has 0 bridgehead atoms. The third-order valence-corrected chi connectivity index (χ3v) is 3.55. The summed E-state index contributed by atoms with van der Waals surface area (Å²) in [6.45, 7) is 0.0812. The van der Waals surface area contributed by atoms with Gasteiger partial charge in [-0.05, 0) is 36.4 Å². The van der Waals surface area contributed by atoms with Gasteiger partial charge in [0.1, 0.15) is 11.5 Å². The van der Waals surface area contributed by atoms with Gasteiger partial charge in [-0.3, -0.25) is 4.79 Å². The zero-order chi connectivity index (χ0) is 20.0. The molecule has 0 fully saturated rings. The maximum atomic E-state index is 12.3. The molecule has 27 heavy (non-hydrogen) atoms. The van der Waals surface area contributed by atoms with Crippen LogP contribution in [0.15, 0.2) is 36.4 Å². The lowest BCUT2D eigenvalue weighted by atomic mass is 10.1. The van der Waals surface area contributed by atoms with E-state index in [0.717, 1.165) is 12.1 Å². The second-order valence-electron chi connectivity index (χ2n) is 5.34. The van der Waals surface area contributed by atoms with Crippen LogP contribution in [0.25, 0.3) is 0 Å². The number of hydrazine groups is 1. The molecule has 0 saturated carbocycles. The van der Waals surface area contributed by atoms with Crippen molar-refractivity contribution in [2.24, 2.45) is 0 Å². The molecular weight excluding hydrogens is 365 g/mol. The Bertz CT molecular complexity index is 795. The van der Waals surface area contributed by atoms with Crippen molar-refractivity contribution < 1.29 is 27.4 Å². The zero-order valence-electron chi connectivity index (χ0n) is 14.6. The molecule has 0 radical (unpaired) electrons. The molecule has 146 valence electrons. The van der Waals surface area contributed by atoms with Crippen molar-refractivity contribution in [3.63, 3.8) is 0 Å². The van der Waals surface area contributed by atoms with Crippen LogP contribution in [-0.2, 0) is 6.54 Å². The second-order valence-corrected chi connectivity index (χ2v) is 5.34. The highest BCUT2D eigenvalue weighted by atomic mass is 19.4. The third kappa shape index (κ3) is 5.42. The Kier molecular flexibility index (Phi) is 6.35. The van der Waals surface area contributed by atoms with Crippen LogP contribution in [0.5, 0.6) is 11.5 Å². The van der Waals surface area contributed by atoms with Crippen molar-refractivity contribution >= 4 is 17.3 Å². The molecule has 0 unspecified atom stereocenters. The number of nitrogen functional groups attached to an aromatic ring is 1. The molecule has 2 rings (SSSR count). The quantitative estimate of drug-likeness (QED) is 0.433. The summed E-state index contributed by atoms with van der Waals surface area (Å²) in [7, 11) is 3.14. The number of benzene rings is 2. The normalized spacial score (nSPS) is 11.0. The summed E-state index contributed by atoms with van der Waals surface area (Å²) in [4.78, 5) is 12.3. The zero-order valence-corrected chi connectivity index (χ0v) is 14.6. The largest absolute Gasteiger partial charge is 0.573 e. The monoisotopic (exact) mass is 384 g/mol. The van der Waals surface area contributed by atoms with Crippen molar-refractivity contribution in [3.8, 4) is 11.5 Å². The number of anilines is 2. The molecule has 7 nitrogen and oxygen atoms in total. The number of halogens is 3. The predicted molar refractivity (Wildman–Crippen MR) is 94.4 cm³/mol. The van der Waals surface area contributed by atoms with E-state index in [1.54, 1.807) is 19.2 Å². The number of methoxy groups -OCH3 is 1. The molecule has 0 atom stereocenters. The van der Waals surface area contributed by atoms with Crippen LogP contribution in [0.2, 0.25) is 0 Å². The summed E-state index contributed by atoms with van der Waals surface area (Å²) in [5.74, 6) is -0.373. The van der Waals surface area contributed by atoms with E-state index < -0.39 is 18.0 Å². The molecule has 1 amide bonds. The molecule has 10 heteroatoms. The lowest BCUT2D eigenvalue weighted by Crippen LogP contribution is -2.25. The van der Waals surface area contributed by atoms with Crippen molar-refractivity contribution in [3.05, 3.63) is 47.5 Å². The van der Waals surface area contributed by atoms with Gasteiger partial charge in [0, 0.05) is 24.7 Å². The number of rotatable bonds is 7. The van der Waals surface area contributed by atoms with Crippen molar-refractivity contribution in [2.75, 3.05) is 25.3 Å². The van der Waals surface area contributed by atoms with Crippen LogP contribution in [0.4, 0.5) is 24.5 Å². The second kappa shape index (κ2) is 8.49. The van der Waals surface area contributed by atoms with Crippen LogP contribution in [-0.4, -0.2) is 26.4 Å². The van der Waals surface area contributed by atoms with Crippen LogP contribution in [0.3, 0.4) is 0 Å². The van der Waals surface area contributed by atoms with E-state index in [1.165, 1.54) is 19.2 Å². The molecule has 0 heterocycles. The Morgan fingerprint density at radius 3 is 2.37 bits per heavy atom. The summed E-state index contributed by atoms with van der Waals surface area (Å²) >= 11 is 0. The highest BCUT2D eigenvalue weighted by Gasteiger charge is 2.31. The number of amides is 1. The smallest absolute Gasteiger partial charge is 0.496 e. The summed E-state index contributed by atoms with van der Waals surface area (Å²) < 4.78 is 45.6. The third-order valence-electron chi connectivity index (χ3n) is 3.55. The average molecular weight is 384 g/mol. The van der Waals surface area contributed by atoms with Crippen LogP contribution >= 0.6 is 0 Å².